The average molecular weight is 429 g/mol. The van der Waals surface area contributed by atoms with Crippen molar-refractivity contribution in [3.63, 3.8) is 0 Å². The van der Waals surface area contributed by atoms with E-state index in [0.29, 0.717) is 30.2 Å². The molecule has 4 aromatic rings. The maximum absolute atomic E-state index is 12.7. The van der Waals surface area contributed by atoms with Gasteiger partial charge in [0.1, 0.15) is 12.0 Å². The van der Waals surface area contributed by atoms with Gasteiger partial charge in [-0.3, -0.25) is 9.78 Å². The molecular formula is C23H24N8O. The molecule has 2 N–H and O–H groups in total. The zero-order valence-corrected chi connectivity index (χ0v) is 18.0. The number of anilines is 1. The summed E-state index contributed by atoms with van der Waals surface area (Å²) in [5, 5.41) is 14.8. The van der Waals surface area contributed by atoms with Crippen LogP contribution in [0.2, 0.25) is 0 Å². The molecule has 0 bridgehead atoms. The first-order valence-electron chi connectivity index (χ1n) is 10.3. The number of nitrogens with one attached hydrogen (secondary N) is 2. The first-order valence-corrected chi connectivity index (χ1v) is 10.3. The number of nitrogens with zero attached hydrogens (tertiary/aromatic N) is 6. The quantitative estimate of drug-likeness (QED) is 0.444. The van der Waals surface area contributed by atoms with E-state index in [1.165, 1.54) is 6.33 Å². The first kappa shape index (κ1) is 21.1. The molecule has 1 amide bonds. The van der Waals surface area contributed by atoms with Crippen LogP contribution >= 0.6 is 0 Å². The number of aryl methyl sites for hydroxylation is 1. The van der Waals surface area contributed by atoms with Crippen molar-refractivity contribution in [1.29, 1.82) is 0 Å². The zero-order chi connectivity index (χ0) is 22.3. The molecule has 9 heteroatoms. The highest BCUT2D eigenvalue weighted by atomic mass is 16.1. The van der Waals surface area contributed by atoms with Crippen LogP contribution in [0.3, 0.4) is 0 Å². The summed E-state index contributed by atoms with van der Waals surface area (Å²) in [4.78, 5) is 25.0. The molecule has 0 atom stereocenters. The number of hydrogen-bond acceptors (Lipinski definition) is 7. The third-order valence-electron chi connectivity index (χ3n) is 5.18. The first-order chi connectivity index (χ1) is 15.7. The van der Waals surface area contributed by atoms with Gasteiger partial charge in [-0.1, -0.05) is 13.0 Å². The van der Waals surface area contributed by atoms with Crippen LogP contribution in [0, 0.1) is 0 Å². The molecular weight excluding hydrogens is 404 g/mol. The van der Waals surface area contributed by atoms with Crippen molar-refractivity contribution in [2.45, 2.75) is 26.4 Å². The fraction of sp³-hybridized carbons (Fsp3) is 0.217. The zero-order valence-electron chi connectivity index (χ0n) is 18.0. The molecule has 4 rings (SSSR count). The lowest BCUT2D eigenvalue weighted by molar-refractivity contribution is 0.0951. The highest BCUT2D eigenvalue weighted by Crippen LogP contribution is 2.16. The normalized spacial score (nSPS) is 10.7. The number of aromatic nitrogens is 6. The SMILES string of the molecule is CCc1cnccc1CNC(=O)c1cccc(NCc2nnc(-c3ccncn3)n2C)c1. The monoisotopic (exact) mass is 428 g/mol. The fourth-order valence-electron chi connectivity index (χ4n) is 3.34. The molecule has 1 aromatic carbocycles. The molecule has 0 saturated carbocycles. The predicted molar refractivity (Wildman–Crippen MR) is 121 cm³/mol. The van der Waals surface area contributed by atoms with E-state index in [1.54, 1.807) is 24.5 Å². The number of carbonyl (C=O) groups excluding carboxylic acids is 1. The van der Waals surface area contributed by atoms with E-state index in [4.69, 9.17) is 0 Å². The van der Waals surface area contributed by atoms with Crippen molar-refractivity contribution in [3.8, 4) is 11.5 Å². The summed E-state index contributed by atoms with van der Waals surface area (Å²) in [6.45, 7) is 2.99. The minimum Gasteiger partial charge on any atom is -0.378 e. The van der Waals surface area contributed by atoms with Crippen LogP contribution in [0.1, 0.15) is 34.2 Å². The van der Waals surface area contributed by atoms with E-state index in [0.717, 1.165) is 29.1 Å². The maximum Gasteiger partial charge on any atom is 0.251 e. The second-order valence-electron chi connectivity index (χ2n) is 7.21. The highest BCUT2D eigenvalue weighted by molar-refractivity contribution is 5.95. The molecule has 3 heterocycles. The number of rotatable bonds is 8. The van der Waals surface area contributed by atoms with Crippen molar-refractivity contribution in [3.05, 3.63) is 83.8 Å². The van der Waals surface area contributed by atoms with E-state index in [9.17, 15) is 4.79 Å². The standard InChI is InChI=1S/C23H24N8O/c1-3-16-12-24-9-7-18(16)13-27-23(32)17-5-4-6-19(11-17)26-14-21-29-30-22(31(21)2)20-8-10-25-15-28-20/h4-12,15,26H,3,13-14H2,1-2H3,(H,27,32). The molecule has 0 aliphatic carbocycles. The van der Waals surface area contributed by atoms with Gasteiger partial charge in [-0.2, -0.15) is 0 Å². The van der Waals surface area contributed by atoms with Crippen LogP contribution in [-0.4, -0.2) is 35.6 Å². The van der Waals surface area contributed by atoms with Crippen LogP contribution in [0.25, 0.3) is 11.5 Å². The third-order valence-corrected chi connectivity index (χ3v) is 5.18. The molecule has 9 nitrogen and oxygen atoms in total. The van der Waals surface area contributed by atoms with Gasteiger partial charge in [-0.15, -0.1) is 10.2 Å². The van der Waals surface area contributed by atoms with Crippen molar-refractivity contribution in [2.75, 3.05) is 5.32 Å². The Balaban J connectivity index is 1.39. The van der Waals surface area contributed by atoms with Crippen LogP contribution in [0.15, 0.2) is 61.3 Å². The van der Waals surface area contributed by atoms with Gasteiger partial charge in [-0.05, 0) is 47.9 Å². The third kappa shape index (κ3) is 4.77. The van der Waals surface area contributed by atoms with E-state index in [-0.39, 0.29) is 5.91 Å². The summed E-state index contributed by atoms with van der Waals surface area (Å²) in [5.41, 5.74) is 4.32. The molecule has 0 saturated heterocycles. The smallest absolute Gasteiger partial charge is 0.251 e. The lowest BCUT2D eigenvalue weighted by Gasteiger charge is -2.11. The number of amides is 1. The van der Waals surface area contributed by atoms with Gasteiger partial charge in [0.15, 0.2) is 11.6 Å². The Morgan fingerprint density at radius 3 is 2.72 bits per heavy atom. The fourth-order valence-corrected chi connectivity index (χ4v) is 3.34. The molecule has 0 radical (unpaired) electrons. The van der Waals surface area contributed by atoms with Crippen molar-refractivity contribution < 1.29 is 4.79 Å². The van der Waals surface area contributed by atoms with E-state index in [2.05, 4.69) is 42.7 Å². The van der Waals surface area contributed by atoms with Crippen LogP contribution in [-0.2, 0) is 26.6 Å². The van der Waals surface area contributed by atoms with E-state index < -0.39 is 0 Å². The Morgan fingerprint density at radius 2 is 1.91 bits per heavy atom. The predicted octanol–water partition coefficient (Wildman–Crippen LogP) is 2.77. The molecule has 0 spiro atoms. The van der Waals surface area contributed by atoms with E-state index >= 15 is 0 Å². The molecule has 0 fully saturated rings. The Kier molecular flexibility index (Phi) is 6.45. The molecule has 0 unspecified atom stereocenters. The second-order valence-corrected chi connectivity index (χ2v) is 7.21. The summed E-state index contributed by atoms with van der Waals surface area (Å²) in [6.07, 6.45) is 7.61. The van der Waals surface area contributed by atoms with Gasteiger partial charge in [0.05, 0.1) is 6.54 Å². The number of hydrogen-bond donors (Lipinski definition) is 2. The number of pyridine rings is 1. The lowest BCUT2D eigenvalue weighted by Crippen LogP contribution is -2.23. The minimum absolute atomic E-state index is 0.128. The average Bonchev–Trinajstić information content (AvgIpc) is 3.22. The number of carbonyl (C=O) groups is 1. The second kappa shape index (κ2) is 9.78. The van der Waals surface area contributed by atoms with Crippen LogP contribution < -0.4 is 10.6 Å². The van der Waals surface area contributed by atoms with Gasteiger partial charge in [0.25, 0.3) is 5.91 Å². The Labute approximate surface area is 186 Å². The molecule has 0 aliphatic heterocycles. The molecule has 32 heavy (non-hydrogen) atoms. The summed E-state index contributed by atoms with van der Waals surface area (Å²) >= 11 is 0. The van der Waals surface area contributed by atoms with Crippen molar-refractivity contribution >= 4 is 11.6 Å². The van der Waals surface area contributed by atoms with Crippen molar-refractivity contribution in [2.24, 2.45) is 7.05 Å². The summed E-state index contributed by atoms with van der Waals surface area (Å²) in [5.74, 6) is 1.29. The minimum atomic E-state index is -0.128. The van der Waals surface area contributed by atoms with Crippen LogP contribution in [0.4, 0.5) is 5.69 Å². The molecule has 0 aliphatic rings. The lowest BCUT2D eigenvalue weighted by atomic mass is 10.1. The summed E-state index contributed by atoms with van der Waals surface area (Å²) in [7, 11) is 1.89. The van der Waals surface area contributed by atoms with Gasteiger partial charge < -0.3 is 15.2 Å². The molecule has 162 valence electrons. The Hall–Kier alpha value is -4.14. The molecule has 3 aromatic heterocycles. The van der Waals surface area contributed by atoms with Crippen molar-refractivity contribution in [1.82, 2.24) is 35.0 Å². The summed E-state index contributed by atoms with van der Waals surface area (Å²) in [6, 6.07) is 11.1. The van der Waals surface area contributed by atoms with E-state index in [1.807, 2.05) is 42.1 Å². The summed E-state index contributed by atoms with van der Waals surface area (Å²) < 4.78 is 1.88. The van der Waals surface area contributed by atoms with Gasteiger partial charge in [-0.25, -0.2) is 9.97 Å². The Morgan fingerprint density at radius 1 is 1.03 bits per heavy atom. The van der Waals surface area contributed by atoms with Gasteiger partial charge in [0, 0.05) is 43.4 Å². The number of benzene rings is 1. The Bertz CT molecular complexity index is 1210. The van der Waals surface area contributed by atoms with Gasteiger partial charge in [0.2, 0.25) is 0 Å². The largest absolute Gasteiger partial charge is 0.378 e. The van der Waals surface area contributed by atoms with Gasteiger partial charge >= 0.3 is 0 Å². The maximum atomic E-state index is 12.7. The topological polar surface area (TPSA) is 111 Å². The highest BCUT2D eigenvalue weighted by Gasteiger charge is 2.12. The van der Waals surface area contributed by atoms with Crippen LogP contribution in [0.5, 0.6) is 0 Å².